The van der Waals surface area contributed by atoms with Gasteiger partial charge in [0.25, 0.3) is 0 Å². The lowest BCUT2D eigenvalue weighted by molar-refractivity contribution is -0.168. The van der Waals surface area contributed by atoms with Crippen LogP contribution in [0.3, 0.4) is 0 Å². The van der Waals surface area contributed by atoms with Crippen molar-refractivity contribution in [2.24, 2.45) is 0 Å². The molecule has 2 rings (SSSR count). The molecule has 0 aromatic carbocycles. The highest BCUT2D eigenvalue weighted by Crippen LogP contribution is 2.08. The molecule has 0 bridgehead atoms. The van der Waals surface area contributed by atoms with Gasteiger partial charge in [0.1, 0.15) is 0 Å². The van der Waals surface area contributed by atoms with Crippen molar-refractivity contribution < 1.29 is 9.63 Å². The lowest BCUT2D eigenvalue weighted by Gasteiger charge is -2.13. The van der Waals surface area contributed by atoms with Gasteiger partial charge >= 0.3 is 4.87 Å². The maximum Gasteiger partial charge on any atom is 0.307 e. The van der Waals surface area contributed by atoms with Crippen LogP contribution in [0.15, 0.2) is 10.2 Å². The van der Waals surface area contributed by atoms with E-state index in [4.69, 9.17) is 4.84 Å². The number of carbonyl (C=O) groups is 1. The molecule has 1 saturated heterocycles. The summed E-state index contributed by atoms with van der Waals surface area (Å²) in [6.45, 7) is 3.84. The molecule has 5 nitrogen and oxygen atoms in total. The average Bonchev–Trinajstić information content (AvgIpc) is 2.93. The standard InChI is InChI=1S/C11H16N2O3S/c1-9-8-17-11(15)12(9)5-2-4-10(14)13-6-3-7-16-13/h8H,2-7H2,1H3. The summed E-state index contributed by atoms with van der Waals surface area (Å²) in [6.07, 6.45) is 2.02. The molecular formula is C11H16N2O3S. The van der Waals surface area contributed by atoms with E-state index in [0.29, 0.717) is 32.5 Å². The first-order valence-corrected chi connectivity index (χ1v) is 6.64. The molecular weight excluding hydrogens is 240 g/mol. The monoisotopic (exact) mass is 256 g/mol. The van der Waals surface area contributed by atoms with Gasteiger partial charge in [-0.1, -0.05) is 11.3 Å². The highest BCUT2D eigenvalue weighted by Gasteiger charge is 2.18. The number of carbonyl (C=O) groups excluding carboxylic acids is 1. The van der Waals surface area contributed by atoms with Gasteiger partial charge in [-0.2, -0.15) is 0 Å². The molecule has 1 fully saturated rings. The van der Waals surface area contributed by atoms with Crippen LogP contribution in [-0.2, 0) is 16.2 Å². The van der Waals surface area contributed by atoms with E-state index in [1.807, 2.05) is 12.3 Å². The number of hydrogen-bond donors (Lipinski definition) is 0. The Labute approximate surface area is 104 Å². The van der Waals surface area contributed by atoms with E-state index in [1.54, 1.807) is 4.57 Å². The molecule has 2 heterocycles. The third-order valence-corrected chi connectivity index (χ3v) is 3.66. The molecule has 1 amide bonds. The van der Waals surface area contributed by atoms with Gasteiger partial charge < -0.3 is 4.57 Å². The summed E-state index contributed by atoms with van der Waals surface area (Å²) in [5, 5.41) is 3.27. The first kappa shape index (κ1) is 12.3. The van der Waals surface area contributed by atoms with Gasteiger partial charge in [-0.3, -0.25) is 14.4 Å². The largest absolute Gasteiger partial charge is 0.307 e. The molecule has 0 radical (unpaired) electrons. The van der Waals surface area contributed by atoms with E-state index in [0.717, 1.165) is 12.1 Å². The van der Waals surface area contributed by atoms with Gasteiger partial charge in [-0.25, -0.2) is 5.06 Å². The van der Waals surface area contributed by atoms with E-state index in [9.17, 15) is 9.59 Å². The fourth-order valence-electron chi connectivity index (χ4n) is 1.83. The Balaban J connectivity index is 1.79. The first-order chi connectivity index (χ1) is 8.18. The third kappa shape index (κ3) is 2.95. The first-order valence-electron chi connectivity index (χ1n) is 5.76. The Morgan fingerprint density at radius 1 is 1.59 bits per heavy atom. The SMILES string of the molecule is Cc1csc(=O)n1CCCC(=O)N1CCCO1. The zero-order valence-electron chi connectivity index (χ0n) is 9.85. The molecule has 1 aromatic rings. The zero-order chi connectivity index (χ0) is 12.3. The Bertz CT molecular complexity index is 446. The summed E-state index contributed by atoms with van der Waals surface area (Å²) in [7, 11) is 0. The fourth-order valence-corrected chi connectivity index (χ4v) is 2.59. The van der Waals surface area contributed by atoms with Crippen LogP contribution >= 0.6 is 11.3 Å². The van der Waals surface area contributed by atoms with E-state index in [1.165, 1.54) is 16.4 Å². The van der Waals surface area contributed by atoms with Crippen molar-refractivity contribution >= 4 is 17.2 Å². The summed E-state index contributed by atoms with van der Waals surface area (Å²) in [5.74, 6) is 0.0171. The Morgan fingerprint density at radius 3 is 3.00 bits per heavy atom. The Morgan fingerprint density at radius 2 is 2.41 bits per heavy atom. The smallest absolute Gasteiger partial charge is 0.303 e. The molecule has 0 aliphatic carbocycles. The Hall–Kier alpha value is -1.14. The predicted octanol–water partition coefficient (Wildman–Crippen LogP) is 1.16. The zero-order valence-corrected chi connectivity index (χ0v) is 10.7. The summed E-state index contributed by atoms with van der Waals surface area (Å²) >= 11 is 1.20. The number of hydrogen-bond acceptors (Lipinski definition) is 4. The predicted molar refractivity (Wildman–Crippen MR) is 64.8 cm³/mol. The van der Waals surface area contributed by atoms with Crippen LogP contribution in [0, 0.1) is 6.92 Å². The molecule has 0 atom stereocenters. The van der Waals surface area contributed by atoms with Crippen LogP contribution in [-0.4, -0.2) is 28.7 Å². The second-order valence-corrected chi connectivity index (χ2v) is 4.90. The number of hydroxylamine groups is 2. The molecule has 0 N–H and O–H groups in total. The van der Waals surface area contributed by atoms with Crippen molar-refractivity contribution in [1.82, 2.24) is 9.63 Å². The summed E-state index contributed by atoms with van der Waals surface area (Å²) in [4.78, 5) is 28.3. The molecule has 94 valence electrons. The third-order valence-electron chi connectivity index (χ3n) is 2.78. The summed E-state index contributed by atoms with van der Waals surface area (Å²) in [5.41, 5.74) is 0.963. The van der Waals surface area contributed by atoms with Crippen LogP contribution in [0.1, 0.15) is 25.0 Å². The average molecular weight is 256 g/mol. The molecule has 1 aromatic heterocycles. The van der Waals surface area contributed by atoms with Crippen molar-refractivity contribution in [2.75, 3.05) is 13.2 Å². The van der Waals surface area contributed by atoms with Crippen molar-refractivity contribution in [1.29, 1.82) is 0 Å². The molecule has 0 spiro atoms. The quantitative estimate of drug-likeness (QED) is 0.812. The minimum absolute atomic E-state index is 0.0171. The van der Waals surface area contributed by atoms with Gasteiger partial charge in [0.05, 0.1) is 13.2 Å². The highest BCUT2D eigenvalue weighted by atomic mass is 32.1. The molecule has 6 heteroatoms. The second kappa shape index (κ2) is 5.46. The number of rotatable bonds is 4. The second-order valence-electron chi connectivity index (χ2n) is 4.08. The van der Waals surface area contributed by atoms with Gasteiger partial charge in [-0.05, 0) is 19.8 Å². The van der Waals surface area contributed by atoms with E-state index >= 15 is 0 Å². The molecule has 0 saturated carbocycles. The van der Waals surface area contributed by atoms with Crippen LogP contribution in [0.2, 0.25) is 0 Å². The Kier molecular flexibility index (Phi) is 3.96. The number of thiazole rings is 1. The maximum atomic E-state index is 11.7. The fraction of sp³-hybridized carbons (Fsp3) is 0.636. The van der Waals surface area contributed by atoms with E-state index in [-0.39, 0.29) is 10.8 Å². The lowest BCUT2D eigenvalue weighted by atomic mass is 10.3. The van der Waals surface area contributed by atoms with Gasteiger partial charge in [0, 0.05) is 24.0 Å². The lowest BCUT2D eigenvalue weighted by Crippen LogP contribution is -2.26. The normalized spacial score (nSPS) is 15.5. The van der Waals surface area contributed by atoms with Crippen molar-refractivity contribution in [2.45, 2.75) is 32.7 Å². The van der Waals surface area contributed by atoms with E-state index < -0.39 is 0 Å². The van der Waals surface area contributed by atoms with Gasteiger partial charge in [0.2, 0.25) is 5.91 Å². The molecule has 17 heavy (non-hydrogen) atoms. The number of nitrogens with zero attached hydrogens (tertiary/aromatic N) is 2. The number of aromatic nitrogens is 1. The van der Waals surface area contributed by atoms with Crippen LogP contribution in [0.5, 0.6) is 0 Å². The molecule has 1 aliphatic heterocycles. The van der Waals surface area contributed by atoms with Gasteiger partial charge in [-0.15, -0.1) is 0 Å². The maximum absolute atomic E-state index is 11.7. The highest BCUT2D eigenvalue weighted by molar-refractivity contribution is 7.07. The van der Waals surface area contributed by atoms with Crippen molar-refractivity contribution in [3.63, 3.8) is 0 Å². The topological polar surface area (TPSA) is 51.5 Å². The van der Waals surface area contributed by atoms with Crippen LogP contribution in [0.25, 0.3) is 0 Å². The molecule has 1 aliphatic rings. The number of aryl methyl sites for hydroxylation is 1. The van der Waals surface area contributed by atoms with Crippen molar-refractivity contribution in [3.05, 3.63) is 20.7 Å². The summed E-state index contributed by atoms with van der Waals surface area (Å²) < 4.78 is 1.71. The minimum Gasteiger partial charge on any atom is -0.303 e. The number of amides is 1. The summed E-state index contributed by atoms with van der Waals surface area (Å²) in [6, 6.07) is 0. The van der Waals surface area contributed by atoms with E-state index in [2.05, 4.69) is 0 Å². The van der Waals surface area contributed by atoms with Crippen LogP contribution in [0.4, 0.5) is 0 Å². The molecule has 0 unspecified atom stereocenters. The van der Waals surface area contributed by atoms with Crippen molar-refractivity contribution in [3.8, 4) is 0 Å². The minimum atomic E-state index is 0.0171. The van der Waals surface area contributed by atoms with Crippen LogP contribution < -0.4 is 4.87 Å². The van der Waals surface area contributed by atoms with Gasteiger partial charge in [0.15, 0.2) is 0 Å².